The Kier molecular flexibility index (Phi) is 26.1. The van der Waals surface area contributed by atoms with Gasteiger partial charge in [0.05, 0.1) is 0 Å². The molecule has 0 heteroatoms. The fourth-order valence-electron chi connectivity index (χ4n) is 22.4. The Hall–Kier alpha value is -10.6. The van der Waals surface area contributed by atoms with Crippen LogP contribution in [0.4, 0.5) is 0 Å². The molecule has 17 rings (SSSR count). The van der Waals surface area contributed by atoms with E-state index in [2.05, 4.69) is 307 Å². The van der Waals surface area contributed by atoms with Crippen LogP contribution in [0.25, 0.3) is 98.0 Å². The lowest BCUT2D eigenvalue weighted by molar-refractivity contribution is 0.398. The Bertz CT molecular complexity index is 5860. The summed E-state index contributed by atoms with van der Waals surface area (Å²) in [6.07, 6.45) is 44.6. The molecule has 121 heavy (non-hydrogen) atoms. The van der Waals surface area contributed by atoms with E-state index in [0.717, 1.165) is 83.0 Å². The molecule has 0 unspecified atom stereocenters. The van der Waals surface area contributed by atoms with Crippen LogP contribution in [0.2, 0.25) is 0 Å². The van der Waals surface area contributed by atoms with Crippen LogP contribution in [0.15, 0.2) is 218 Å². The number of hydrogen-bond acceptors (Lipinski definition) is 0. The smallest absolute Gasteiger partial charge is 0.0328 e. The first-order valence-corrected chi connectivity index (χ1v) is 48.0. The van der Waals surface area contributed by atoms with Crippen molar-refractivity contribution in [3.05, 3.63) is 296 Å². The molecule has 0 saturated carbocycles. The van der Waals surface area contributed by atoms with Gasteiger partial charge in [0.1, 0.15) is 0 Å². The maximum atomic E-state index is 3.91. The van der Waals surface area contributed by atoms with E-state index in [9.17, 15) is 0 Å². The van der Waals surface area contributed by atoms with Crippen molar-refractivity contribution in [1.82, 2.24) is 0 Å². The molecular formula is C121H126. The third-order valence-electron chi connectivity index (χ3n) is 28.8. The van der Waals surface area contributed by atoms with Crippen LogP contribution in [-0.4, -0.2) is 0 Å². The molecule has 0 bridgehead atoms. The summed E-state index contributed by atoms with van der Waals surface area (Å²) in [5.41, 5.74) is 25.7. The Morgan fingerprint density at radius 1 is 0.182 bits per heavy atom. The summed E-state index contributed by atoms with van der Waals surface area (Å²) < 4.78 is 0. The SMILES string of the molecule is CCCCCCCC1(CCCCCCC)c2cc(C#Cc3ccc4c(c3)C(CCCCCCC)(CCCCCCC)c3cc(C#Cc5ccc6ccc7cccc8ccc5c6c78)ccc3-4)ccc2-c2ccc(C#Cc3ccc4c(c3)C(CCCCCCC)(CCCCCCC)c3cc(C#Cc5ccc6ccc7cccc8ccc5c6c78)ccc3-4)cc21. The van der Waals surface area contributed by atoms with Crippen LogP contribution in [0, 0.1) is 47.4 Å². The van der Waals surface area contributed by atoms with Crippen LogP contribution in [0.1, 0.15) is 351 Å². The van der Waals surface area contributed by atoms with E-state index in [-0.39, 0.29) is 16.2 Å². The zero-order valence-electron chi connectivity index (χ0n) is 73.7. The first-order chi connectivity index (χ1) is 59.7. The number of unbranched alkanes of at least 4 members (excludes halogenated alkanes) is 24. The van der Waals surface area contributed by atoms with Gasteiger partial charge in [-0.1, -0.05) is 415 Å². The van der Waals surface area contributed by atoms with Gasteiger partial charge in [-0.2, -0.15) is 0 Å². The molecular weight excluding hydrogens is 1450 g/mol. The summed E-state index contributed by atoms with van der Waals surface area (Å²) >= 11 is 0. The number of hydrogen-bond donors (Lipinski definition) is 0. The summed E-state index contributed by atoms with van der Waals surface area (Å²) in [6.45, 7) is 14.1. The topological polar surface area (TPSA) is 0 Å². The van der Waals surface area contributed by atoms with Crippen molar-refractivity contribution in [3.63, 3.8) is 0 Å². The fourth-order valence-corrected chi connectivity index (χ4v) is 22.4. The normalized spacial score (nSPS) is 13.5. The Labute approximate surface area is 725 Å². The largest absolute Gasteiger partial charge is 0.0654 e. The van der Waals surface area contributed by atoms with Gasteiger partial charge in [0.25, 0.3) is 0 Å². The van der Waals surface area contributed by atoms with Crippen molar-refractivity contribution in [2.75, 3.05) is 0 Å². The molecule has 0 amide bonds. The van der Waals surface area contributed by atoms with Crippen LogP contribution in [0.5, 0.6) is 0 Å². The zero-order valence-corrected chi connectivity index (χ0v) is 73.7. The van der Waals surface area contributed by atoms with Crippen molar-refractivity contribution < 1.29 is 0 Å². The van der Waals surface area contributed by atoms with Crippen molar-refractivity contribution in [1.29, 1.82) is 0 Å². The maximum Gasteiger partial charge on any atom is 0.0328 e. The van der Waals surface area contributed by atoms with Gasteiger partial charge in [-0.25, -0.2) is 0 Å². The highest BCUT2D eigenvalue weighted by atomic mass is 14.5. The number of benzene rings is 14. The Morgan fingerprint density at radius 3 is 0.612 bits per heavy atom. The van der Waals surface area contributed by atoms with Crippen LogP contribution >= 0.6 is 0 Å². The van der Waals surface area contributed by atoms with Gasteiger partial charge < -0.3 is 0 Å². The number of fused-ring (bicyclic) bond motifs is 9. The lowest BCUT2D eigenvalue weighted by Crippen LogP contribution is -2.26. The molecule has 0 aliphatic heterocycles. The van der Waals surface area contributed by atoms with Gasteiger partial charge in [0, 0.05) is 60.8 Å². The molecule has 0 atom stereocenters. The molecule has 0 saturated heterocycles. The standard InChI is InChI=1S/C121H126/c1-7-13-19-25-31-75-119(76-32-26-20-14-8-2)109-81-87(43-45-89-51-69-105-107-71-53-91(47-55-93-57-59-99-63-61-95-39-37-41-97-65-73-101(93)117(99)115(95)97)85-113(107)120(111(105)83-89,77-33-27-21-15-9-3)78-34-28-22-16-10-4)49-67-103(109)104-68-50-88(82-110(104)119)44-46-90-52-70-106-108-72-54-92(48-56-94-58-60-100-64-62-96-40-38-42-98-66-74-102(94)118(100)116(96)98)86-114(108)121(112(106)84-90,79-35-29-23-17-11-5)80-36-30-24-18-12-6/h37-42,49-54,57-74,81-86H,7-36,75-80H2,1-6H3. The molecule has 0 radical (unpaired) electrons. The van der Waals surface area contributed by atoms with E-state index < -0.39 is 0 Å². The highest BCUT2D eigenvalue weighted by molar-refractivity contribution is 6.25. The highest BCUT2D eigenvalue weighted by Gasteiger charge is 2.46. The molecule has 0 spiro atoms. The molecule has 14 aromatic rings. The molecule has 0 heterocycles. The van der Waals surface area contributed by atoms with Gasteiger partial charge in [-0.15, -0.1) is 0 Å². The molecule has 0 nitrogen and oxygen atoms in total. The third-order valence-corrected chi connectivity index (χ3v) is 28.8. The second kappa shape index (κ2) is 38.2. The second-order valence-corrected chi connectivity index (χ2v) is 36.7. The summed E-state index contributed by atoms with van der Waals surface area (Å²) in [6, 6.07) is 84.5. The average molecular weight is 1580 g/mol. The van der Waals surface area contributed by atoms with Crippen LogP contribution < -0.4 is 0 Å². The van der Waals surface area contributed by atoms with Crippen LogP contribution in [0.3, 0.4) is 0 Å². The highest BCUT2D eigenvalue weighted by Crippen LogP contribution is 2.59. The van der Waals surface area contributed by atoms with Gasteiger partial charge in [-0.05, 0) is 255 Å². The Balaban J connectivity index is 0.711. The minimum Gasteiger partial charge on any atom is -0.0654 e. The minimum absolute atomic E-state index is 0.125. The van der Waals surface area contributed by atoms with E-state index in [1.807, 2.05) is 0 Å². The Morgan fingerprint density at radius 2 is 0.380 bits per heavy atom. The van der Waals surface area contributed by atoms with Crippen molar-refractivity contribution in [2.45, 2.75) is 289 Å². The van der Waals surface area contributed by atoms with Gasteiger partial charge in [0.2, 0.25) is 0 Å². The van der Waals surface area contributed by atoms with Crippen molar-refractivity contribution >= 4 is 64.6 Å². The van der Waals surface area contributed by atoms with Gasteiger partial charge >= 0.3 is 0 Å². The summed E-state index contributed by atoms with van der Waals surface area (Å²) in [4.78, 5) is 0. The van der Waals surface area contributed by atoms with E-state index in [1.54, 1.807) is 0 Å². The maximum absolute atomic E-state index is 3.91. The molecule has 0 fully saturated rings. The lowest BCUT2D eigenvalue weighted by atomic mass is 9.70. The molecule has 14 aromatic carbocycles. The molecule has 610 valence electrons. The van der Waals surface area contributed by atoms with E-state index in [4.69, 9.17) is 0 Å². The average Bonchev–Trinajstić information content (AvgIpc) is 1.32. The third kappa shape index (κ3) is 16.9. The van der Waals surface area contributed by atoms with Gasteiger partial charge in [0.15, 0.2) is 0 Å². The molecule has 3 aliphatic rings. The monoisotopic (exact) mass is 1580 g/mol. The van der Waals surface area contributed by atoms with E-state index in [1.165, 1.54) is 324 Å². The van der Waals surface area contributed by atoms with Gasteiger partial charge in [-0.3, -0.25) is 0 Å². The first kappa shape index (κ1) is 82.7. The quantitative estimate of drug-likeness (QED) is 0.0209. The predicted octanol–water partition coefficient (Wildman–Crippen LogP) is 34.0. The van der Waals surface area contributed by atoms with E-state index in [0.29, 0.717) is 0 Å². The molecule has 3 aliphatic carbocycles. The first-order valence-electron chi connectivity index (χ1n) is 48.0. The summed E-state index contributed by atoms with van der Waals surface area (Å²) in [5.74, 6) is 30.8. The summed E-state index contributed by atoms with van der Waals surface area (Å²) in [7, 11) is 0. The van der Waals surface area contributed by atoms with E-state index >= 15 is 0 Å². The molecule has 0 N–H and O–H groups in total. The van der Waals surface area contributed by atoms with Crippen LogP contribution in [-0.2, 0) is 16.2 Å². The fraction of sp³-hybridized carbons (Fsp3) is 0.372. The zero-order chi connectivity index (χ0) is 82.5. The lowest BCUT2D eigenvalue weighted by Gasteiger charge is -2.33. The summed E-state index contributed by atoms with van der Waals surface area (Å²) in [5, 5.41) is 15.5. The number of rotatable bonds is 36. The van der Waals surface area contributed by atoms with Crippen molar-refractivity contribution in [3.8, 4) is 80.7 Å². The molecule has 0 aromatic heterocycles. The minimum atomic E-state index is -0.144. The van der Waals surface area contributed by atoms with Crippen molar-refractivity contribution in [2.24, 2.45) is 0 Å². The second-order valence-electron chi connectivity index (χ2n) is 36.7. The predicted molar refractivity (Wildman–Crippen MR) is 522 cm³/mol.